The van der Waals surface area contributed by atoms with E-state index >= 15 is 0 Å². The quantitative estimate of drug-likeness (QED) is 0.752. The van der Waals surface area contributed by atoms with Crippen LogP contribution in [0.3, 0.4) is 0 Å². The van der Waals surface area contributed by atoms with E-state index in [-0.39, 0.29) is 0 Å². The zero-order valence-corrected chi connectivity index (χ0v) is 13.1. The minimum absolute atomic E-state index is 0.502. The van der Waals surface area contributed by atoms with Gasteiger partial charge in [-0.15, -0.1) is 0 Å². The molecule has 6 nitrogen and oxygen atoms in total. The summed E-state index contributed by atoms with van der Waals surface area (Å²) < 4.78 is 0. The fourth-order valence-corrected chi connectivity index (χ4v) is 2.90. The summed E-state index contributed by atoms with van der Waals surface area (Å²) in [7, 11) is 0. The largest absolute Gasteiger partial charge is 0.361 e. The molecule has 2 amide bonds. The number of H-pyrrole nitrogens is 1. The van der Waals surface area contributed by atoms with Crippen molar-refractivity contribution in [3.05, 3.63) is 30.5 Å². The average Bonchev–Trinajstić information content (AvgIpc) is 3.03. The van der Waals surface area contributed by atoms with Crippen molar-refractivity contribution in [1.82, 2.24) is 15.2 Å². The van der Waals surface area contributed by atoms with Crippen LogP contribution in [0.2, 0.25) is 0 Å². The Morgan fingerprint density at radius 1 is 1.09 bits per heavy atom. The van der Waals surface area contributed by atoms with Crippen LogP contribution < -0.4 is 10.6 Å². The summed E-state index contributed by atoms with van der Waals surface area (Å²) in [6.07, 6.45) is 5.56. The third kappa shape index (κ3) is 4.10. The van der Waals surface area contributed by atoms with Gasteiger partial charge >= 0.3 is 11.8 Å². The molecule has 1 aliphatic heterocycles. The SMILES string of the molecule is O=C(NCCN1CCCCC1)C(=O)Nc1ccc2cc[nH]c2c1. The van der Waals surface area contributed by atoms with Crippen LogP contribution in [-0.2, 0) is 9.59 Å². The van der Waals surface area contributed by atoms with Crippen molar-refractivity contribution in [2.45, 2.75) is 19.3 Å². The van der Waals surface area contributed by atoms with Gasteiger partial charge in [-0.25, -0.2) is 0 Å². The predicted molar refractivity (Wildman–Crippen MR) is 90.2 cm³/mol. The standard InChI is InChI=1S/C17H22N4O2/c22-16(19-8-11-21-9-2-1-3-10-21)17(23)20-14-5-4-13-6-7-18-15(13)12-14/h4-7,12,18H,1-3,8-11H2,(H,19,22)(H,20,23). The molecule has 3 N–H and O–H groups in total. The number of hydrogen-bond donors (Lipinski definition) is 3. The molecule has 122 valence electrons. The molecule has 0 unspecified atom stereocenters. The molecule has 0 aliphatic carbocycles. The molecule has 0 radical (unpaired) electrons. The summed E-state index contributed by atoms with van der Waals surface area (Å²) in [4.78, 5) is 29.2. The van der Waals surface area contributed by atoms with Crippen LogP contribution in [0.4, 0.5) is 5.69 Å². The maximum absolute atomic E-state index is 11.9. The fourth-order valence-electron chi connectivity index (χ4n) is 2.90. The van der Waals surface area contributed by atoms with E-state index in [1.165, 1.54) is 19.3 Å². The first-order chi connectivity index (χ1) is 11.2. The molecular weight excluding hydrogens is 292 g/mol. The van der Waals surface area contributed by atoms with Crippen molar-refractivity contribution in [3.63, 3.8) is 0 Å². The van der Waals surface area contributed by atoms with Gasteiger partial charge in [-0.05, 0) is 49.5 Å². The Labute approximate surface area is 135 Å². The summed E-state index contributed by atoms with van der Waals surface area (Å²) in [5.74, 6) is -1.22. The van der Waals surface area contributed by atoms with Gasteiger partial charge in [0.1, 0.15) is 0 Å². The first-order valence-electron chi connectivity index (χ1n) is 8.11. The molecule has 0 atom stereocenters. The number of hydrogen-bond acceptors (Lipinski definition) is 3. The van der Waals surface area contributed by atoms with Gasteiger partial charge in [0.25, 0.3) is 0 Å². The molecule has 23 heavy (non-hydrogen) atoms. The number of fused-ring (bicyclic) bond motifs is 1. The highest BCUT2D eigenvalue weighted by molar-refractivity contribution is 6.39. The Morgan fingerprint density at radius 2 is 1.91 bits per heavy atom. The molecule has 0 bridgehead atoms. The summed E-state index contributed by atoms with van der Waals surface area (Å²) in [5.41, 5.74) is 1.53. The Balaban J connectivity index is 1.46. The van der Waals surface area contributed by atoms with Crippen molar-refractivity contribution < 1.29 is 9.59 Å². The smallest absolute Gasteiger partial charge is 0.313 e. The number of benzene rings is 1. The van der Waals surface area contributed by atoms with E-state index in [1.807, 2.05) is 24.4 Å². The Kier molecular flexibility index (Phi) is 4.92. The van der Waals surface area contributed by atoms with Gasteiger partial charge in [0.05, 0.1) is 0 Å². The van der Waals surface area contributed by atoms with E-state index < -0.39 is 11.8 Å². The second kappa shape index (κ2) is 7.28. The molecule has 1 saturated heterocycles. The molecule has 3 rings (SSSR count). The van der Waals surface area contributed by atoms with Crippen LogP contribution in [-0.4, -0.2) is 47.9 Å². The number of piperidine rings is 1. The molecular formula is C17H22N4O2. The van der Waals surface area contributed by atoms with Gasteiger partial charge in [-0.3, -0.25) is 9.59 Å². The van der Waals surface area contributed by atoms with Crippen LogP contribution in [0.1, 0.15) is 19.3 Å². The monoisotopic (exact) mass is 314 g/mol. The lowest BCUT2D eigenvalue weighted by molar-refractivity contribution is -0.136. The summed E-state index contributed by atoms with van der Waals surface area (Å²) in [6, 6.07) is 7.45. The topological polar surface area (TPSA) is 77.2 Å². The van der Waals surface area contributed by atoms with Crippen LogP contribution in [0.15, 0.2) is 30.5 Å². The fraction of sp³-hybridized carbons (Fsp3) is 0.412. The Hall–Kier alpha value is -2.34. The van der Waals surface area contributed by atoms with Crippen LogP contribution in [0, 0.1) is 0 Å². The second-order valence-corrected chi connectivity index (χ2v) is 5.89. The number of aromatic nitrogens is 1. The number of carbonyl (C=O) groups excluding carboxylic acids is 2. The second-order valence-electron chi connectivity index (χ2n) is 5.89. The van der Waals surface area contributed by atoms with Crippen molar-refractivity contribution in [3.8, 4) is 0 Å². The molecule has 2 aromatic rings. The number of amides is 2. The van der Waals surface area contributed by atoms with Gasteiger partial charge in [0.15, 0.2) is 0 Å². The zero-order valence-electron chi connectivity index (χ0n) is 13.1. The van der Waals surface area contributed by atoms with E-state index in [0.717, 1.165) is 30.5 Å². The highest BCUT2D eigenvalue weighted by Crippen LogP contribution is 2.17. The first-order valence-corrected chi connectivity index (χ1v) is 8.11. The molecule has 0 saturated carbocycles. The van der Waals surface area contributed by atoms with Crippen molar-refractivity contribution >= 4 is 28.4 Å². The van der Waals surface area contributed by atoms with Gasteiger partial charge in [0.2, 0.25) is 0 Å². The average molecular weight is 314 g/mol. The van der Waals surface area contributed by atoms with Gasteiger partial charge in [-0.2, -0.15) is 0 Å². The molecule has 2 heterocycles. The molecule has 6 heteroatoms. The first kappa shape index (κ1) is 15.6. The number of aromatic amines is 1. The number of likely N-dealkylation sites (tertiary alicyclic amines) is 1. The lowest BCUT2D eigenvalue weighted by Gasteiger charge is -2.26. The van der Waals surface area contributed by atoms with Crippen LogP contribution in [0.25, 0.3) is 10.9 Å². The van der Waals surface area contributed by atoms with Crippen LogP contribution >= 0.6 is 0 Å². The summed E-state index contributed by atoms with van der Waals surface area (Å²) in [5, 5.41) is 6.37. The van der Waals surface area contributed by atoms with Gasteiger partial charge in [0, 0.05) is 30.5 Å². The molecule has 1 aromatic heterocycles. The van der Waals surface area contributed by atoms with Gasteiger partial charge < -0.3 is 20.5 Å². The van der Waals surface area contributed by atoms with Crippen molar-refractivity contribution in [2.24, 2.45) is 0 Å². The van der Waals surface area contributed by atoms with E-state index in [0.29, 0.717) is 12.2 Å². The number of carbonyl (C=O) groups is 2. The van der Waals surface area contributed by atoms with Crippen molar-refractivity contribution in [2.75, 3.05) is 31.5 Å². The summed E-state index contributed by atoms with van der Waals surface area (Å²) in [6.45, 7) is 3.46. The third-order valence-electron chi connectivity index (χ3n) is 4.18. The van der Waals surface area contributed by atoms with E-state index in [2.05, 4.69) is 20.5 Å². The Bertz CT molecular complexity index is 689. The number of anilines is 1. The molecule has 1 aliphatic rings. The highest BCUT2D eigenvalue weighted by atomic mass is 16.2. The lowest BCUT2D eigenvalue weighted by Crippen LogP contribution is -2.41. The van der Waals surface area contributed by atoms with Crippen LogP contribution in [0.5, 0.6) is 0 Å². The van der Waals surface area contributed by atoms with Crippen molar-refractivity contribution in [1.29, 1.82) is 0 Å². The third-order valence-corrected chi connectivity index (χ3v) is 4.18. The molecule has 1 fully saturated rings. The van der Waals surface area contributed by atoms with E-state index in [9.17, 15) is 9.59 Å². The Morgan fingerprint density at radius 3 is 2.74 bits per heavy atom. The predicted octanol–water partition coefficient (Wildman–Crippen LogP) is 1.71. The van der Waals surface area contributed by atoms with E-state index in [4.69, 9.17) is 0 Å². The minimum atomic E-state index is -0.630. The minimum Gasteiger partial charge on any atom is -0.361 e. The van der Waals surface area contributed by atoms with E-state index in [1.54, 1.807) is 6.07 Å². The number of rotatable bonds is 4. The maximum Gasteiger partial charge on any atom is 0.313 e. The summed E-state index contributed by atoms with van der Waals surface area (Å²) >= 11 is 0. The number of nitrogens with one attached hydrogen (secondary N) is 3. The number of nitrogens with zero attached hydrogens (tertiary/aromatic N) is 1. The lowest BCUT2D eigenvalue weighted by atomic mass is 10.1. The molecule has 1 aromatic carbocycles. The normalized spacial score (nSPS) is 15.5. The maximum atomic E-state index is 11.9. The highest BCUT2D eigenvalue weighted by Gasteiger charge is 2.15. The molecule has 0 spiro atoms. The van der Waals surface area contributed by atoms with Gasteiger partial charge in [-0.1, -0.05) is 12.5 Å². The zero-order chi connectivity index (χ0) is 16.1.